The van der Waals surface area contributed by atoms with E-state index in [2.05, 4.69) is 5.10 Å². The van der Waals surface area contributed by atoms with Crippen molar-refractivity contribution in [2.24, 2.45) is 5.10 Å². The Hall–Kier alpha value is -3.37. The van der Waals surface area contributed by atoms with Crippen LogP contribution in [0, 0.1) is 0 Å². The van der Waals surface area contributed by atoms with Crippen LogP contribution in [0.5, 0.6) is 0 Å². The van der Waals surface area contributed by atoms with Crippen molar-refractivity contribution in [1.82, 2.24) is 9.73 Å². The standard InChI is InChI=1S/C24H19ClF3N3O3S/c25-19-10-6-17(7-11-19)22-21(16-4-2-1-3-5-16)14-15-31(29-22)23(32)30-35(33,34)20-12-8-18(9-13-20)24(26,27)28/h1-13,21H,14-15H2,(H,30,32). The number of urea groups is 1. The summed E-state index contributed by atoms with van der Waals surface area (Å²) < 4.78 is 65.4. The molecule has 0 spiro atoms. The Kier molecular flexibility index (Phi) is 6.86. The quantitative estimate of drug-likeness (QED) is 0.482. The first-order chi connectivity index (χ1) is 16.5. The van der Waals surface area contributed by atoms with Crippen molar-refractivity contribution in [2.75, 3.05) is 6.54 Å². The maximum Gasteiger partial charge on any atom is 0.416 e. The number of carbonyl (C=O) groups is 1. The normalized spacial score (nSPS) is 16.5. The van der Waals surface area contributed by atoms with Gasteiger partial charge in [-0.2, -0.15) is 18.3 Å². The molecule has 1 unspecified atom stereocenters. The average molecular weight is 522 g/mol. The fourth-order valence-corrected chi connectivity index (χ4v) is 4.80. The van der Waals surface area contributed by atoms with Gasteiger partial charge in [-0.05, 0) is 53.9 Å². The Morgan fingerprint density at radius 3 is 2.20 bits per heavy atom. The van der Waals surface area contributed by atoms with Crippen LogP contribution in [0.4, 0.5) is 18.0 Å². The van der Waals surface area contributed by atoms with E-state index >= 15 is 0 Å². The summed E-state index contributed by atoms with van der Waals surface area (Å²) in [5.74, 6) is -0.145. The summed E-state index contributed by atoms with van der Waals surface area (Å²) in [7, 11) is -4.42. The molecule has 3 aromatic rings. The molecule has 0 aliphatic carbocycles. The Bertz CT molecular complexity index is 1340. The smallest absolute Gasteiger partial charge is 0.246 e. The zero-order chi connectivity index (χ0) is 25.2. The summed E-state index contributed by atoms with van der Waals surface area (Å²) >= 11 is 6.01. The third-order valence-electron chi connectivity index (χ3n) is 5.48. The van der Waals surface area contributed by atoms with Crippen LogP contribution in [0.15, 0.2) is 88.9 Å². The molecule has 1 N–H and O–H groups in total. The number of carbonyl (C=O) groups excluding carboxylic acids is 1. The molecule has 0 bridgehead atoms. The molecule has 2 amide bonds. The second-order valence-corrected chi connectivity index (χ2v) is 9.92. The predicted molar refractivity (Wildman–Crippen MR) is 126 cm³/mol. The number of hydrogen-bond acceptors (Lipinski definition) is 4. The molecule has 0 fully saturated rings. The monoisotopic (exact) mass is 521 g/mol. The summed E-state index contributed by atoms with van der Waals surface area (Å²) in [4.78, 5) is 12.3. The van der Waals surface area contributed by atoms with E-state index in [9.17, 15) is 26.4 Å². The first kappa shape index (κ1) is 24.7. The summed E-state index contributed by atoms with van der Waals surface area (Å²) in [5, 5.41) is 5.98. The number of nitrogens with one attached hydrogen (secondary N) is 1. The van der Waals surface area contributed by atoms with E-state index in [0.29, 0.717) is 34.9 Å². The van der Waals surface area contributed by atoms with Gasteiger partial charge in [0.15, 0.2) is 0 Å². The molecular formula is C24H19ClF3N3O3S. The number of nitrogens with zero attached hydrogens (tertiary/aromatic N) is 2. The van der Waals surface area contributed by atoms with E-state index in [4.69, 9.17) is 11.6 Å². The molecule has 0 radical (unpaired) electrons. The van der Waals surface area contributed by atoms with Crippen LogP contribution in [-0.2, 0) is 16.2 Å². The molecule has 6 nitrogen and oxygen atoms in total. The van der Waals surface area contributed by atoms with Crippen LogP contribution >= 0.6 is 11.6 Å². The number of sulfonamides is 1. The molecule has 35 heavy (non-hydrogen) atoms. The third kappa shape index (κ3) is 5.66. The Morgan fingerprint density at radius 1 is 0.971 bits per heavy atom. The minimum atomic E-state index is -4.61. The van der Waals surface area contributed by atoms with Crippen LogP contribution in [0.25, 0.3) is 0 Å². The molecule has 4 rings (SSSR count). The number of benzene rings is 3. The Morgan fingerprint density at radius 2 is 1.60 bits per heavy atom. The minimum absolute atomic E-state index is 0.130. The van der Waals surface area contributed by atoms with Gasteiger partial charge in [-0.1, -0.05) is 54.1 Å². The lowest BCUT2D eigenvalue weighted by molar-refractivity contribution is -0.137. The largest absolute Gasteiger partial charge is 0.416 e. The van der Waals surface area contributed by atoms with Crippen molar-refractivity contribution in [1.29, 1.82) is 0 Å². The van der Waals surface area contributed by atoms with E-state index < -0.39 is 32.7 Å². The minimum Gasteiger partial charge on any atom is -0.246 e. The predicted octanol–water partition coefficient (Wildman–Crippen LogP) is 5.65. The van der Waals surface area contributed by atoms with Crippen LogP contribution in [0.2, 0.25) is 5.02 Å². The molecule has 1 aliphatic rings. The van der Waals surface area contributed by atoms with Crippen molar-refractivity contribution in [3.8, 4) is 0 Å². The molecule has 0 aromatic heterocycles. The van der Waals surface area contributed by atoms with E-state index in [1.807, 2.05) is 35.1 Å². The van der Waals surface area contributed by atoms with Crippen molar-refractivity contribution >= 4 is 33.4 Å². The van der Waals surface area contributed by atoms with Gasteiger partial charge in [-0.15, -0.1) is 0 Å². The highest BCUT2D eigenvalue weighted by atomic mass is 35.5. The van der Waals surface area contributed by atoms with E-state index in [1.165, 1.54) is 0 Å². The summed E-state index contributed by atoms with van der Waals surface area (Å²) in [5.41, 5.74) is 1.26. The summed E-state index contributed by atoms with van der Waals surface area (Å²) in [6.07, 6.45) is -4.14. The number of hydrazone groups is 1. The highest BCUT2D eigenvalue weighted by molar-refractivity contribution is 7.90. The zero-order valence-corrected chi connectivity index (χ0v) is 19.6. The van der Waals surface area contributed by atoms with Crippen molar-refractivity contribution in [3.63, 3.8) is 0 Å². The molecule has 182 valence electrons. The van der Waals surface area contributed by atoms with Gasteiger partial charge >= 0.3 is 12.2 Å². The summed E-state index contributed by atoms with van der Waals surface area (Å²) in [6.45, 7) is 0.130. The van der Waals surface area contributed by atoms with Gasteiger partial charge in [0.1, 0.15) is 0 Å². The van der Waals surface area contributed by atoms with Gasteiger partial charge in [-0.3, -0.25) is 0 Å². The molecule has 11 heteroatoms. The van der Waals surface area contributed by atoms with Crippen LogP contribution in [0.1, 0.15) is 29.0 Å². The molecule has 1 atom stereocenters. The van der Waals surface area contributed by atoms with Crippen LogP contribution < -0.4 is 4.72 Å². The number of halogens is 4. The molecule has 0 saturated carbocycles. The van der Waals surface area contributed by atoms with Gasteiger partial charge in [0.05, 0.1) is 16.2 Å². The molecule has 1 heterocycles. The fourth-order valence-electron chi connectivity index (χ4n) is 3.72. The first-order valence-electron chi connectivity index (χ1n) is 10.5. The first-order valence-corrected chi connectivity index (χ1v) is 12.3. The molecule has 0 saturated heterocycles. The Labute approximate surface area is 205 Å². The lowest BCUT2D eigenvalue weighted by Gasteiger charge is -2.30. The van der Waals surface area contributed by atoms with E-state index in [0.717, 1.165) is 22.7 Å². The van der Waals surface area contributed by atoms with Crippen LogP contribution in [-0.4, -0.2) is 31.7 Å². The lowest BCUT2D eigenvalue weighted by atomic mass is 9.86. The van der Waals surface area contributed by atoms with Gasteiger partial charge in [0, 0.05) is 17.5 Å². The maximum absolute atomic E-state index is 12.8. The maximum atomic E-state index is 12.8. The SMILES string of the molecule is O=C(NS(=O)(=O)c1ccc(C(F)(F)F)cc1)N1CCC(c2ccccc2)C(c2ccc(Cl)cc2)=N1. The van der Waals surface area contributed by atoms with E-state index in [-0.39, 0.29) is 12.5 Å². The highest BCUT2D eigenvalue weighted by Crippen LogP contribution is 2.31. The molecule has 3 aromatic carbocycles. The number of hydrogen-bond donors (Lipinski definition) is 1. The van der Waals surface area contributed by atoms with Crippen LogP contribution in [0.3, 0.4) is 0 Å². The van der Waals surface area contributed by atoms with E-state index in [1.54, 1.807) is 24.3 Å². The second-order valence-electron chi connectivity index (χ2n) is 7.80. The number of amides is 2. The van der Waals surface area contributed by atoms with Gasteiger partial charge < -0.3 is 0 Å². The number of rotatable bonds is 4. The van der Waals surface area contributed by atoms with Gasteiger partial charge in [-0.25, -0.2) is 22.9 Å². The van der Waals surface area contributed by atoms with Crippen molar-refractivity contribution < 1.29 is 26.4 Å². The fraction of sp³-hybridized carbons (Fsp3) is 0.167. The average Bonchev–Trinajstić information content (AvgIpc) is 2.84. The van der Waals surface area contributed by atoms with Gasteiger partial charge in [0.2, 0.25) is 0 Å². The highest BCUT2D eigenvalue weighted by Gasteiger charge is 2.32. The summed E-state index contributed by atoms with van der Waals surface area (Å²) in [6, 6.07) is 18.3. The molecule has 1 aliphatic heterocycles. The lowest BCUT2D eigenvalue weighted by Crippen LogP contribution is -2.44. The third-order valence-corrected chi connectivity index (χ3v) is 7.07. The molecular weight excluding hydrogens is 503 g/mol. The van der Waals surface area contributed by atoms with Gasteiger partial charge in [0.25, 0.3) is 10.0 Å². The number of alkyl halides is 3. The topological polar surface area (TPSA) is 78.8 Å². The second kappa shape index (κ2) is 9.71. The zero-order valence-electron chi connectivity index (χ0n) is 18.0. The van der Waals surface area contributed by atoms with Crippen molar-refractivity contribution in [2.45, 2.75) is 23.4 Å². The Balaban J connectivity index is 1.60. The van der Waals surface area contributed by atoms with Crippen molar-refractivity contribution in [3.05, 3.63) is 101 Å².